The van der Waals surface area contributed by atoms with Crippen LogP contribution in [-0.2, 0) is 0 Å². The summed E-state index contributed by atoms with van der Waals surface area (Å²) in [6.07, 6.45) is 5.24. The van der Waals surface area contributed by atoms with Crippen LogP contribution in [0.25, 0.3) is 0 Å². The Morgan fingerprint density at radius 2 is 2.08 bits per heavy atom. The summed E-state index contributed by atoms with van der Waals surface area (Å²) in [6, 6.07) is 0. The molecular weight excluding hydrogens is 202 g/mol. The summed E-state index contributed by atoms with van der Waals surface area (Å²) in [6.45, 7) is 3.32. The first-order valence-electron chi connectivity index (χ1n) is 5.22. The molecule has 0 bridgehead atoms. The zero-order valence-corrected chi connectivity index (χ0v) is 10.0. The lowest BCUT2D eigenvalue weighted by Crippen LogP contribution is -2.45. The van der Waals surface area contributed by atoms with Crippen LogP contribution >= 0.6 is 23.4 Å². The minimum atomic E-state index is 0.288. The van der Waals surface area contributed by atoms with Crippen molar-refractivity contribution in [2.75, 3.05) is 23.9 Å². The standard InChI is InChI=1S/C10H20ClNS/c1-2-13-8-7-12-10(9-11)5-3-4-6-10/h12H,2-9H2,1H3. The van der Waals surface area contributed by atoms with Gasteiger partial charge in [0.1, 0.15) is 0 Å². The van der Waals surface area contributed by atoms with Crippen LogP contribution in [-0.4, -0.2) is 29.5 Å². The van der Waals surface area contributed by atoms with Crippen molar-refractivity contribution < 1.29 is 0 Å². The third kappa shape index (κ3) is 3.69. The molecule has 0 atom stereocenters. The first-order valence-corrected chi connectivity index (χ1v) is 6.91. The monoisotopic (exact) mass is 221 g/mol. The lowest BCUT2D eigenvalue weighted by Gasteiger charge is -2.27. The second kappa shape index (κ2) is 6.15. The van der Waals surface area contributed by atoms with Crippen molar-refractivity contribution in [3.63, 3.8) is 0 Å². The van der Waals surface area contributed by atoms with Crippen LogP contribution in [0.1, 0.15) is 32.6 Å². The Morgan fingerprint density at radius 1 is 1.38 bits per heavy atom. The highest BCUT2D eigenvalue weighted by molar-refractivity contribution is 7.99. The molecule has 1 saturated carbocycles. The van der Waals surface area contributed by atoms with Crippen LogP contribution < -0.4 is 5.32 Å². The van der Waals surface area contributed by atoms with Gasteiger partial charge in [-0.1, -0.05) is 19.8 Å². The highest BCUT2D eigenvalue weighted by atomic mass is 35.5. The summed E-state index contributed by atoms with van der Waals surface area (Å²) >= 11 is 8.00. The molecule has 1 N–H and O–H groups in total. The summed E-state index contributed by atoms with van der Waals surface area (Å²) in [5, 5.41) is 3.63. The molecule has 0 saturated heterocycles. The van der Waals surface area contributed by atoms with Gasteiger partial charge in [-0.25, -0.2) is 0 Å². The molecule has 0 heterocycles. The Kier molecular flexibility index (Phi) is 5.52. The van der Waals surface area contributed by atoms with Gasteiger partial charge in [0, 0.05) is 23.7 Å². The Bertz CT molecular complexity index is 135. The first-order chi connectivity index (χ1) is 6.33. The van der Waals surface area contributed by atoms with Gasteiger partial charge in [-0.3, -0.25) is 0 Å². The highest BCUT2D eigenvalue weighted by Gasteiger charge is 2.31. The summed E-state index contributed by atoms with van der Waals surface area (Å²) in [5.41, 5.74) is 0.288. The van der Waals surface area contributed by atoms with Crippen LogP contribution in [0.15, 0.2) is 0 Å². The normalized spacial score (nSPS) is 20.8. The minimum absolute atomic E-state index is 0.288. The molecule has 1 fully saturated rings. The molecule has 1 nitrogen and oxygen atoms in total. The molecule has 78 valence electrons. The maximum Gasteiger partial charge on any atom is 0.0406 e. The number of thioether (sulfide) groups is 1. The van der Waals surface area contributed by atoms with Gasteiger partial charge in [-0.05, 0) is 18.6 Å². The van der Waals surface area contributed by atoms with Gasteiger partial charge in [-0.2, -0.15) is 11.8 Å². The number of hydrogen-bond acceptors (Lipinski definition) is 2. The molecule has 0 aromatic heterocycles. The Labute approximate surface area is 91.0 Å². The predicted molar refractivity (Wildman–Crippen MR) is 62.9 cm³/mol. The quantitative estimate of drug-likeness (QED) is 0.547. The summed E-state index contributed by atoms with van der Waals surface area (Å²) in [7, 11) is 0. The number of halogens is 1. The van der Waals surface area contributed by atoms with Gasteiger partial charge in [0.2, 0.25) is 0 Å². The molecule has 1 aliphatic carbocycles. The van der Waals surface area contributed by atoms with Crippen molar-refractivity contribution in [3.8, 4) is 0 Å². The van der Waals surface area contributed by atoms with Crippen molar-refractivity contribution in [1.82, 2.24) is 5.32 Å². The maximum absolute atomic E-state index is 6.01. The third-order valence-electron chi connectivity index (χ3n) is 2.77. The van der Waals surface area contributed by atoms with Crippen molar-refractivity contribution in [1.29, 1.82) is 0 Å². The average Bonchev–Trinajstić information content (AvgIpc) is 2.62. The summed E-state index contributed by atoms with van der Waals surface area (Å²) < 4.78 is 0. The Balaban J connectivity index is 2.16. The fourth-order valence-electron chi connectivity index (χ4n) is 1.94. The molecule has 0 spiro atoms. The number of alkyl halides is 1. The SMILES string of the molecule is CCSCCNC1(CCl)CCCC1. The molecule has 0 unspecified atom stereocenters. The van der Waals surface area contributed by atoms with Crippen molar-refractivity contribution >= 4 is 23.4 Å². The smallest absolute Gasteiger partial charge is 0.0406 e. The fraction of sp³-hybridized carbons (Fsp3) is 1.00. The average molecular weight is 222 g/mol. The Hall–Kier alpha value is 0.600. The van der Waals surface area contributed by atoms with Crippen LogP contribution in [0, 0.1) is 0 Å². The van der Waals surface area contributed by atoms with Gasteiger partial charge in [0.05, 0.1) is 0 Å². The molecule has 3 heteroatoms. The summed E-state index contributed by atoms with van der Waals surface area (Å²) in [5.74, 6) is 3.22. The number of hydrogen-bond donors (Lipinski definition) is 1. The lowest BCUT2D eigenvalue weighted by atomic mass is 10.0. The van der Waals surface area contributed by atoms with Crippen molar-refractivity contribution in [2.24, 2.45) is 0 Å². The van der Waals surface area contributed by atoms with E-state index >= 15 is 0 Å². The van der Waals surface area contributed by atoms with E-state index < -0.39 is 0 Å². The molecule has 0 amide bonds. The molecular formula is C10H20ClNS. The van der Waals surface area contributed by atoms with Crippen molar-refractivity contribution in [3.05, 3.63) is 0 Å². The molecule has 0 aromatic carbocycles. The van der Waals surface area contributed by atoms with Crippen LogP contribution in [0.4, 0.5) is 0 Å². The van der Waals surface area contributed by atoms with E-state index in [0.717, 1.165) is 12.4 Å². The van der Waals surface area contributed by atoms with Gasteiger partial charge in [0.15, 0.2) is 0 Å². The van der Waals surface area contributed by atoms with Crippen LogP contribution in [0.5, 0.6) is 0 Å². The molecule has 1 rings (SSSR count). The minimum Gasteiger partial charge on any atom is -0.309 e. The molecule has 0 aliphatic heterocycles. The number of nitrogens with one attached hydrogen (secondary N) is 1. The fourth-order valence-corrected chi connectivity index (χ4v) is 2.84. The van der Waals surface area contributed by atoms with E-state index in [9.17, 15) is 0 Å². The van der Waals surface area contributed by atoms with E-state index in [2.05, 4.69) is 12.2 Å². The largest absolute Gasteiger partial charge is 0.309 e. The van der Waals surface area contributed by atoms with Gasteiger partial charge in [-0.15, -0.1) is 11.6 Å². The van der Waals surface area contributed by atoms with E-state index in [1.54, 1.807) is 0 Å². The van der Waals surface area contributed by atoms with E-state index in [1.165, 1.54) is 37.2 Å². The second-order valence-corrected chi connectivity index (χ2v) is 5.41. The molecule has 0 radical (unpaired) electrons. The molecule has 13 heavy (non-hydrogen) atoms. The first kappa shape index (κ1) is 11.7. The van der Waals surface area contributed by atoms with Gasteiger partial charge in [0.25, 0.3) is 0 Å². The zero-order valence-electron chi connectivity index (χ0n) is 8.44. The topological polar surface area (TPSA) is 12.0 Å². The van der Waals surface area contributed by atoms with Gasteiger partial charge < -0.3 is 5.32 Å². The zero-order chi connectivity index (χ0) is 9.57. The molecule has 1 aliphatic rings. The van der Waals surface area contributed by atoms with E-state index in [-0.39, 0.29) is 5.54 Å². The maximum atomic E-state index is 6.01. The molecule has 0 aromatic rings. The van der Waals surface area contributed by atoms with Crippen LogP contribution in [0.3, 0.4) is 0 Å². The number of rotatable bonds is 6. The highest BCUT2D eigenvalue weighted by Crippen LogP contribution is 2.30. The van der Waals surface area contributed by atoms with Crippen LogP contribution in [0.2, 0.25) is 0 Å². The Morgan fingerprint density at radius 3 is 2.62 bits per heavy atom. The van der Waals surface area contributed by atoms with E-state index in [1.807, 2.05) is 11.8 Å². The van der Waals surface area contributed by atoms with Gasteiger partial charge >= 0.3 is 0 Å². The van der Waals surface area contributed by atoms with Crippen molar-refractivity contribution in [2.45, 2.75) is 38.1 Å². The summed E-state index contributed by atoms with van der Waals surface area (Å²) in [4.78, 5) is 0. The second-order valence-electron chi connectivity index (χ2n) is 3.74. The predicted octanol–water partition coefficient (Wildman–Crippen LogP) is 2.88. The van der Waals surface area contributed by atoms with E-state index in [0.29, 0.717) is 0 Å². The lowest BCUT2D eigenvalue weighted by molar-refractivity contribution is 0.381. The third-order valence-corrected chi connectivity index (χ3v) is 4.18. The van der Waals surface area contributed by atoms with E-state index in [4.69, 9.17) is 11.6 Å².